The van der Waals surface area contributed by atoms with Crippen LogP contribution in [-0.4, -0.2) is 0 Å². The van der Waals surface area contributed by atoms with Gasteiger partial charge in [0.15, 0.2) is 0 Å². The molecule has 7 rings (SSSR count). The Hall–Kier alpha value is -6.06. The molecular weight excluding hydrogens is 571 g/mol. The van der Waals surface area contributed by atoms with Crippen molar-refractivity contribution in [3.8, 4) is 0 Å². The summed E-state index contributed by atoms with van der Waals surface area (Å²) in [6, 6.07) is 66.7. The van der Waals surface area contributed by atoms with E-state index in [-0.39, 0.29) is 0 Å². The summed E-state index contributed by atoms with van der Waals surface area (Å²) in [5.74, 6) is 0. The predicted octanol–water partition coefficient (Wildman–Crippen LogP) is 12.7. The molecule has 228 valence electrons. The Bertz CT molecular complexity index is 2020. The SMILES string of the molecule is Cc1cccc(N(c2ccccc2)c2cccc(N(c3ccccc3)c3ccccc3)c2N(c2ccccc2)c2ccccc2C)c1. The van der Waals surface area contributed by atoms with E-state index in [9.17, 15) is 0 Å². The van der Waals surface area contributed by atoms with Gasteiger partial charge in [-0.05, 0) is 104 Å². The van der Waals surface area contributed by atoms with Gasteiger partial charge in [0.2, 0.25) is 0 Å². The Kier molecular flexibility index (Phi) is 8.52. The van der Waals surface area contributed by atoms with Crippen LogP contribution < -0.4 is 14.7 Å². The van der Waals surface area contributed by atoms with Gasteiger partial charge >= 0.3 is 0 Å². The molecular formula is C44H37N3. The van der Waals surface area contributed by atoms with Crippen LogP contribution in [0.1, 0.15) is 11.1 Å². The molecule has 0 atom stereocenters. The number of hydrogen-bond donors (Lipinski definition) is 0. The molecule has 0 bridgehead atoms. The van der Waals surface area contributed by atoms with Gasteiger partial charge in [0.1, 0.15) is 0 Å². The maximum Gasteiger partial charge on any atom is 0.0946 e. The maximum absolute atomic E-state index is 2.42. The van der Waals surface area contributed by atoms with Gasteiger partial charge in [-0.25, -0.2) is 0 Å². The topological polar surface area (TPSA) is 9.72 Å². The molecule has 0 unspecified atom stereocenters. The van der Waals surface area contributed by atoms with Crippen LogP contribution in [-0.2, 0) is 0 Å². The Balaban J connectivity index is 1.62. The molecule has 0 aliphatic carbocycles. The van der Waals surface area contributed by atoms with Crippen molar-refractivity contribution in [3.63, 3.8) is 0 Å². The second-order valence-electron chi connectivity index (χ2n) is 11.6. The normalized spacial score (nSPS) is 10.8. The summed E-state index contributed by atoms with van der Waals surface area (Å²) in [6.07, 6.45) is 0. The zero-order valence-electron chi connectivity index (χ0n) is 26.7. The lowest BCUT2D eigenvalue weighted by atomic mass is 10.0. The molecule has 0 aliphatic heterocycles. The number of rotatable bonds is 9. The summed E-state index contributed by atoms with van der Waals surface area (Å²) >= 11 is 0. The molecule has 0 aromatic heterocycles. The van der Waals surface area contributed by atoms with Gasteiger partial charge in [0.25, 0.3) is 0 Å². The van der Waals surface area contributed by atoms with Gasteiger partial charge in [-0.15, -0.1) is 0 Å². The highest BCUT2D eigenvalue weighted by Gasteiger charge is 2.28. The van der Waals surface area contributed by atoms with Gasteiger partial charge < -0.3 is 14.7 Å². The van der Waals surface area contributed by atoms with Gasteiger partial charge in [0, 0.05) is 34.1 Å². The van der Waals surface area contributed by atoms with Crippen molar-refractivity contribution in [2.24, 2.45) is 0 Å². The average molecular weight is 608 g/mol. The lowest BCUT2D eigenvalue weighted by Crippen LogP contribution is -2.21. The smallest absolute Gasteiger partial charge is 0.0946 e. The lowest BCUT2D eigenvalue weighted by molar-refractivity contribution is 1.18. The van der Waals surface area contributed by atoms with Crippen LogP contribution in [0.15, 0.2) is 188 Å². The molecule has 0 saturated heterocycles. The molecule has 3 nitrogen and oxygen atoms in total. The fourth-order valence-electron chi connectivity index (χ4n) is 6.24. The molecule has 0 radical (unpaired) electrons. The zero-order chi connectivity index (χ0) is 32.0. The van der Waals surface area contributed by atoms with E-state index in [1.807, 2.05) is 0 Å². The molecule has 0 amide bonds. The fraction of sp³-hybridized carbons (Fsp3) is 0.0455. The average Bonchev–Trinajstić information content (AvgIpc) is 3.12. The fourth-order valence-corrected chi connectivity index (χ4v) is 6.24. The van der Waals surface area contributed by atoms with Crippen molar-refractivity contribution in [1.29, 1.82) is 0 Å². The van der Waals surface area contributed by atoms with Gasteiger partial charge in [-0.1, -0.05) is 109 Å². The summed E-state index contributed by atoms with van der Waals surface area (Å²) in [6.45, 7) is 4.34. The largest absolute Gasteiger partial charge is 0.308 e. The molecule has 3 heteroatoms. The number of anilines is 9. The van der Waals surface area contributed by atoms with E-state index in [2.05, 4.69) is 217 Å². The highest BCUT2D eigenvalue weighted by Crippen LogP contribution is 2.53. The second-order valence-corrected chi connectivity index (χ2v) is 11.6. The van der Waals surface area contributed by atoms with Gasteiger partial charge in [-0.3, -0.25) is 0 Å². The minimum absolute atomic E-state index is 1.06. The quantitative estimate of drug-likeness (QED) is 0.162. The summed E-state index contributed by atoms with van der Waals surface area (Å²) < 4.78 is 0. The standard InChI is InChI=1S/C44H37N3/c1-34-19-17-29-40(33-34)46(38-25-11-5-12-26-38)43-32-18-31-42(45(36-21-7-3-8-22-36)37-23-9-4-10-24-37)44(43)47(39-27-13-6-14-28-39)41-30-16-15-20-35(41)2/h3-33H,1-2H3. The molecule has 0 fully saturated rings. The van der Waals surface area contributed by atoms with Crippen LogP contribution in [0, 0.1) is 13.8 Å². The molecule has 0 heterocycles. The van der Waals surface area contributed by atoms with E-state index in [1.54, 1.807) is 0 Å². The number of nitrogens with zero attached hydrogens (tertiary/aromatic N) is 3. The number of hydrogen-bond acceptors (Lipinski definition) is 3. The molecule has 7 aromatic rings. The van der Waals surface area contributed by atoms with Crippen LogP contribution in [0.25, 0.3) is 0 Å². The number of aryl methyl sites for hydroxylation is 2. The van der Waals surface area contributed by atoms with E-state index >= 15 is 0 Å². The molecule has 47 heavy (non-hydrogen) atoms. The summed E-state index contributed by atoms with van der Waals surface area (Å²) in [5.41, 5.74) is 12.1. The minimum atomic E-state index is 1.06. The van der Waals surface area contributed by atoms with Crippen molar-refractivity contribution < 1.29 is 0 Å². The first-order valence-electron chi connectivity index (χ1n) is 16.0. The zero-order valence-corrected chi connectivity index (χ0v) is 26.7. The third-order valence-corrected chi connectivity index (χ3v) is 8.37. The first-order chi connectivity index (χ1) is 23.2. The predicted molar refractivity (Wildman–Crippen MR) is 200 cm³/mol. The van der Waals surface area contributed by atoms with E-state index in [1.165, 1.54) is 11.1 Å². The van der Waals surface area contributed by atoms with Crippen molar-refractivity contribution in [2.75, 3.05) is 14.7 Å². The maximum atomic E-state index is 2.42. The molecule has 0 aliphatic rings. The lowest BCUT2D eigenvalue weighted by Gasteiger charge is -2.38. The van der Waals surface area contributed by atoms with E-state index < -0.39 is 0 Å². The van der Waals surface area contributed by atoms with Gasteiger partial charge in [0.05, 0.1) is 17.1 Å². The Morgan fingerprint density at radius 3 is 1.13 bits per heavy atom. The summed E-state index contributed by atoms with van der Waals surface area (Å²) in [7, 11) is 0. The minimum Gasteiger partial charge on any atom is -0.308 e. The van der Waals surface area contributed by atoms with E-state index in [0.29, 0.717) is 0 Å². The molecule has 0 N–H and O–H groups in total. The van der Waals surface area contributed by atoms with Crippen molar-refractivity contribution in [3.05, 3.63) is 199 Å². The van der Waals surface area contributed by atoms with E-state index in [4.69, 9.17) is 0 Å². The van der Waals surface area contributed by atoms with Crippen LogP contribution in [0.4, 0.5) is 51.2 Å². The Morgan fingerprint density at radius 1 is 0.298 bits per heavy atom. The Labute approximate surface area is 278 Å². The molecule has 0 saturated carbocycles. The first kappa shape index (κ1) is 29.6. The molecule has 0 spiro atoms. The monoisotopic (exact) mass is 607 g/mol. The third kappa shape index (κ3) is 6.12. The first-order valence-corrected chi connectivity index (χ1v) is 16.0. The highest BCUT2D eigenvalue weighted by atomic mass is 15.3. The Morgan fingerprint density at radius 2 is 0.660 bits per heavy atom. The van der Waals surface area contributed by atoms with Crippen molar-refractivity contribution in [1.82, 2.24) is 0 Å². The third-order valence-electron chi connectivity index (χ3n) is 8.37. The van der Waals surface area contributed by atoms with Gasteiger partial charge in [-0.2, -0.15) is 0 Å². The van der Waals surface area contributed by atoms with Crippen LogP contribution in [0.5, 0.6) is 0 Å². The van der Waals surface area contributed by atoms with Crippen LogP contribution in [0.2, 0.25) is 0 Å². The van der Waals surface area contributed by atoms with Crippen molar-refractivity contribution in [2.45, 2.75) is 13.8 Å². The second kappa shape index (κ2) is 13.5. The highest BCUT2D eigenvalue weighted by molar-refractivity contribution is 6.01. The number of para-hydroxylation sites is 6. The van der Waals surface area contributed by atoms with E-state index in [0.717, 1.165) is 51.2 Å². The molecule has 7 aromatic carbocycles. The van der Waals surface area contributed by atoms with Crippen LogP contribution >= 0.6 is 0 Å². The van der Waals surface area contributed by atoms with Crippen molar-refractivity contribution >= 4 is 51.2 Å². The number of benzene rings is 7. The summed E-state index contributed by atoms with van der Waals surface area (Å²) in [5, 5.41) is 0. The summed E-state index contributed by atoms with van der Waals surface area (Å²) in [4.78, 5) is 7.17. The van der Waals surface area contributed by atoms with Crippen LogP contribution in [0.3, 0.4) is 0 Å².